The maximum Gasteiger partial charge on any atom is 0.254 e. The maximum absolute atomic E-state index is 13.3. The monoisotopic (exact) mass is 432 g/mol. The van der Waals surface area contributed by atoms with Crippen LogP contribution in [0.5, 0.6) is 11.5 Å². The summed E-state index contributed by atoms with van der Waals surface area (Å²) in [5.74, 6) is 1.85. The van der Waals surface area contributed by atoms with E-state index in [1.807, 2.05) is 4.90 Å². The normalized spacial score (nSPS) is 21.6. The Bertz CT molecular complexity index is 768. The molecule has 0 radical (unpaired) electrons. The third kappa shape index (κ3) is 6.20. The van der Waals surface area contributed by atoms with Crippen molar-refractivity contribution in [2.24, 2.45) is 5.92 Å². The molecule has 1 aromatic carbocycles. The zero-order chi connectivity index (χ0) is 21.6. The number of fused-ring (bicyclic) bond motifs is 1. The van der Waals surface area contributed by atoms with Gasteiger partial charge in [0, 0.05) is 38.3 Å². The van der Waals surface area contributed by atoms with Crippen LogP contribution in [-0.4, -0.2) is 92.4 Å². The van der Waals surface area contributed by atoms with E-state index in [2.05, 4.69) is 11.5 Å². The number of amides is 1. The van der Waals surface area contributed by atoms with Crippen LogP contribution in [0.1, 0.15) is 23.2 Å². The van der Waals surface area contributed by atoms with Crippen molar-refractivity contribution in [3.8, 4) is 11.5 Å². The summed E-state index contributed by atoms with van der Waals surface area (Å²) in [4.78, 5) is 17.4. The molecule has 31 heavy (non-hydrogen) atoms. The van der Waals surface area contributed by atoms with Crippen LogP contribution in [0.25, 0.3) is 0 Å². The van der Waals surface area contributed by atoms with E-state index in [1.165, 1.54) is 12.8 Å². The van der Waals surface area contributed by atoms with E-state index >= 15 is 0 Å². The minimum absolute atomic E-state index is 0.0104. The van der Waals surface area contributed by atoms with Gasteiger partial charge in [-0.15, -0.1) is 6.58 Å². The zero-order valence-electron chi connectivity index (χ0n) is 17.9. The molecule has 1 N–H and O–H groups in total. The Hall–Kier alpha value is -2.13. The van der Waals surface area contributed by atoms with Crippen LogP contribution in [0.3, 0.4) is 0 Å². The topological polar surface area (TPSA) is 80.7 Å². The first-order valence-corrected chi connectivity index (χ1v) is 11.0. The van der Waals surface area contributed by atoms with Crippen LogP contribution in [0.2, 0.25) is 0 Å². The average molecular weight is 433 g/mol. The van der Waals surface area contributed by atoms with Gasteiger partial charge in [0.15, 0.2) is 11.5 Å². The summed E-state index contributed by atoms with van der Waals surface area (Å²) in [6.07, 6.45) is 3.35. The summed E-state index contributed by atoms with van der Waals surface area (Å²) >= 11 is 0. The highest BCUT2D eigenvalue weighted by Gasteiger charge is 2.31. The van der Waals surface area contributed by atoms with Crippen LogP contribution in [-0.2, 0) is 9.47 Å². The van der Waals surface area contributed by atoms with Crippen molar-refractivity contribution in [2.45, 2.75) is 25.0 Å². The molecule has 2 aliphatic heterocycles. The van der Waals surface area contributed by atoms with E-state index in [9.17, 15) is 9.90 Å². The maximum atomic E-state index is 13.3. The van der Waals surface area contributed by atoms with Gasteiger partial charge in [-0.05, 0) is 37.0 Å². The van der Waals surface area contributed by atoms with Gasteiger partial charge in [0.2, 0.25) is 6.79 Å². The van der Waals surface area contributed by atoms with E-state index in [-0.39, 0.29) is 25.4 Å². The highest BCUT2D eigenvalue weighted by atomic mass is 16.7. The number of nitrogens with zero attached hydrogens (tertiary/aromatic N) is 2. The zero-order valence-corrected chi connectivity index (χ0v) is 17.9. The second-order valence-electron chi connectivity index (χ2n) is 8.45. The molecule has 1 aromatic rings. The SMILES string of the molecule is C=CCOC[C@H](O)CN1CCO[C@H](CN(CC2CC2)C(=O)c2ccc3c(c2)OCO3)C1. The highest BCUT2D eigenvalue weighted by Crippen LogP contribution is 2.34. The van der Waals surface area contributed by atoms with Gasteiger partial charge in [0.1, 0.15) is 0 Å². The fraction of sp³-hybridized carbons (Fsp3) is 0.609. The smallest absolute Gasteiger partial charge is 0.254 e. The predicted octanol–water partition coefficient (Wildman–Crippen LogP) is 1.53. The van der Waals surface area contributed by atoms with Crippen molar-refractivity contribution < 1.29 is 28.8 Å². The molecule has 1 saturated heterocycles. The van der Waals surface area contributed by atoms with Crippen molar-refractivity contribution in [1.29, 1.82) is 0 Å². The molecule has 1 saturated carbocycles. The summed E-state index contributed by atoms with van der Waals surface area (Å²) in [6, 6.07) is 5.35. The van der Waals surface area contributed by atoms with E-state index in [0.29, 0.717) is 55.8 Å². The number of β-amino-alcohol motifs (C(OH)–C–C–N with tert-alkyl or cyclic N) is 1. The van der Waals surface area contributed by atoms with E-state index in [4.69, 9.17) is 18.9 Å². The lowest BCUT2D eigenvalue weighted by molar-refractivity contribution is -0.0578. The van der Waals surface area contributed by atoms with E-state index in [0.717, 1.165) is 13.1 Å². The molecule has 0 spiro atoms. The predicted molar refractivity (Wildman–Crippen MR) is 114 cm³/mol. The number of hydrogen-bond acceptors (Lipinski definition) is 7. The number of ether oxygens (including phenoxy) is 4. The van der Waals surface area contributed by atoms with Gasteiger partial charge in [-0.3, -0.25) is 9.69 Å². The van der Waals surface area contributed by atoms with Gasteiger partial charge in [0.05, 0.1) is 32.0 Å². The first-order valence-electron chi connectivity index (χ1n) is 11.0. The largest absolute Gasteiger partial charge is 0.454 e. The number of carbonyl (C=O) groups is 1. The Balaban J connectivity index is 1.34. The van der Waals surface area contributed by atoms with Gasteiger partial charge in [0.25, 0.3) is 5.91 Å². The minimum atomic E-state index is -0.559. The molecular weight excluding hydrogens is 400 g/mol. The molecule has 0 aromatic heterocycles. The van der Waals surface area contributed by atoms with Crippen molar-refractivity contribution in [3.05, 3.63) is 36.4 Å². The van der Waals surface area contributed by atoms with E-state index in [1.54, 1.807) is 24.3 Å². The first-order chi connectivity index (χ1) is 15.1. The van der Waals surface area contributed by atoms with Crippen molar-refractivity contribution in [1.82, 2.24) is 9.80 Å². The fourth-order valence-corrected chi connectivity index (χ4v) is 4.01. The fourth-order valence-electron chi connectivity index (χ4n) is 4.01. The van der Waals surface area contributed by atoms with Crippen LogP contribution in [0.15, 0.2) is 30.9 Å². The summed E-state index contributed by atoms with van der Waals surface area (Å²) in [5, 5.41) is 10.2. The second-order valence-corrected chi connectivity index (χ2v) is 8.45. The molecule has 8 nitrogen and oxygen atoms in total. The lowest BCUT2D eigenvalue weighted by Gasteiger charge is -2.36. The van der Waals surface area contributed by atoms with Crippen molar-refractivity contribution in [3.63, 3.8) is 0 Å². The lowest BCUT2D eigenvalue weighted by Crippen LogP contribution is -2.51. The Morgan fingerprint density at radius 3 is 2.97 bits per heavy atom. The summed E-state index contributed by atoms with van der Waals surface area (Å²) in [5.41, 5.74) is 0.604. The van der Waals surface area contributed by atoms with Crippen LogP contribution in [0.4, 0.5) is 0 Å². The summed E-state index contributed by atoms with van der Waals surface area (Å²) in [6.45, 7) is 8.32. The number of rotatable bonds is 11. The number of hydrogen-bond donors (Lipinski definition) is 1. The molecule has 4 rings (SSSR count). The Morgan fingerprint density at radius 2 is 2.16 bits per heavy atom. The number of carbonyl (C=O) groups excluding carboxylic acids is 1. The Kier molecular flexibility index (Phi) is 7.45. The van der Waals surface area contributed by atoms with Crippen LogP contribution >= 0.6 is 0 Å². The lowest BCUT2D eigenvalue weighted by atomic mass is 10.1. The van der Waals surface area contributed by atoms with Crippen molar-refractivity contribution in [2.75, 3.05) is 59.3 Å². The molecule has 0 bridgehead atoms. The molecule has 0 unspecified atom stereocenters. The number of benzene rings is 1. The molecule has 1 amide bonds. The van der Waals surface area contributed by atoms with Gasteiger partial charge < -0.3 is 29.0 Å². The third-order valence-corrected chi connectivity index (χ3v) is 5.74. The third-order valence-electron chi connectivity index (χ3n) is 5.74. The van der Waals surface area contributed by atoms with Gasteiger partial charge in [-0.1, -0.05) is 6.08 Å². The van der Waals surface area contributed by atoms with Gasteiger partial charge in [-0.25, -0.2) is 0 Å². The molecule has 3 aliphatic rings. The van der Waals surface area contributed by atoms with E-state index < -0.39 is 6.10 Å². The molecule has 8 heteroatoms. The van der Waals surface area contributed by atoms with Crippen LogP contribution < -0.4 is 9.47 Å². The molecule has 2 atom stereocenters. The summed E-state index contributed by atoms with van der Waals surface area (Å²) in [7, 11) is 0. The first kappa shape index (κ1) is 22.1. The second kappa shape index (κ2) is 10.5. The molecule has 1 aliphatic carbocycles. The Labute approximate surface area is 183 Å². The quantitative estimate of drug-likeness (QED) is 0.420. The highest BCUT2D eigenvalue weighted by molar-refractivity contribution is 5.95. The molecular formula is C23H32N2O6. The molecule has 2 heterocycles. The standard InChI is InChI=1S/C23H32N2O6/c1-2-8-28-15-19(26)12-24-7-9-29-20(13-24)14-25(11-17-3-4-17)23(27)18-5-6-21-22(10-18)31-16-30-21/h2,5-6,10,17,19-20,26H,1,3-4,7-9,11-16H2/t19-,20+/m1/s1. The molecule has 170 valence electrons. The summed E-state index contributed by atoms with van der Waals surface area (Å²) < 4.78 is 22.1. The number of morpholine rings is 1. The van der Waals surface area contributed by atoms with Gasteiger partial charge in [-0.2, -0.15) is 0 Å². The minimum Gasteiger partial charge on any atom is -0.454 e. The number of aliphatic hydroxyl groups is 1. The Morgan fingerprint density at radius 1 is 1.32 bits per heavy atom. The molecule has 2 fully saturated rings. The average Bonchev–Trinajstić information content (AvgIpc) is 3.46. The van der Waals surface area contributed by atoms with Crippen molar-refractivity contribution >= 4 is 5.91 Å². The number of aliphatic hydroxyl groups excluding tert-OH is 1. The van der Waals surface area contributed by atoms with Gasteiger partial charge >= 0.3 is 0 Å². The van der Waals surface area contributed by atoms with Crippen LogP contribution in [0, 0.1) is 5.92 Å².